The van der Waals surface area contributed by atoms with Gasteiger partial charge >= 0.3 is 0 Å². The second-order valence-electron chi connectivity index (χ2n) is 6.32. The number of aromatic nitrogens is 2. The van der Waals surface area contributed by atoms with Crippen molar-refractivity contribution in [2.24, 2.45) is 5.92 Å². The largest absolute Gasteiger partial charge is 0.354 e. The smallest absolute Gasteiger partial charge is 0.222 e. The van der Waals surface area contributed by atoms with Crippen LogP contribution < -0.4 is 5.32 Å². The molecule has 0 unspecified atom stereocenters. The van der Waals surface area contributed by atoms with Crippen LogP contribution in [-0.4, -0.2) is 40.5 Å². The van der Waals surface area contributed by atoms with Gasteiger partial charge in [-0.3, -0.25) is 0 Å². The van der Waals surface area contributed by atoms with Gasteiger partial charge in [-0.2, -0.15) is 0 Å². The number of anilines is 1. The van der Waals surface area contributed by atoms with Crippen LogP contribution in [0.2, 0.25) is 0 Å². The second kappa shape index (κ2) is 6.53. The Morgan fingerprint density at radius 1 is 1.20 bits per heavy atom. The molecule has 2 heterocycles. The molecule has 0 aromatic carbocycles. The second-order valence-corrected chi connectivity index (χ2v) is 6.32. The van der Waals surface area contributed by atoms with Gasteiger partial charge in [-0.1, -0.05) is 12.8 Å². The van der Waals surface area contributed by atoms with Crippen molar-refractivity contribution >= 4 is 5.95 Å². The zero-order valence-electron chi connectivity index (χ0n) is 12.5. The van der Waals surface area contributed by atoms with E-state index in [9.17, 15) is 0 Å². The molecule has 20 heavy (non-hydrogen) atoms. The first kappa shape index (κ1) is 13.8. The van der Waals surface area contributed by atoms with Crippen molar-refractivity contribution in [3.63, 3.8) is 0 Å². The monoisotopic (exact) mass is 274 g/mol. The minimum absolute atomic E-state index is 0.775. The van der Waals surface area contributed by atoms with E-state index < -0.39 is 0 Å². The van der Waals surface area contributed by atoms with Crippen LogP contribution >= 0.6 is 0 Å². The summed E-state index contributed by atoms with van der Waals surface area (Å²) in [5.41, 5.74) is 1.03. The van der Waals surface area contributed by atoms with Crippen LogP contribution in [0.5, 0.6) is 0 Å². The van der Waals surface area contributed by atoms with Gasteiger partial charge in [-0.25, -0.2) is 9.97 Å². The summed E-state index contributed by atoms with van der Waals surface area (Å²) in [6.45, 7) is 5.59. The number of rotatable bonds is 4. The molecule has 2 fully saturated rings. The molecular weight excluding hydrogens is 248 g/mol. The standard InChI is InChI=1S/C16H26N4/c1-13-6-9-17-16(19-13)18-12-14-7-10-20(11-8-14)15-4-2-3-5-15/h6,9,14-15H,2-5,7-8,10-12H2,1H3,(H,17,18,19). The van der Waals surface area contributed by atoms with Crippen molar-refractivity contribution in [1.82, 2.24) is 14.9 Å². The summed E-state index contributed by atoms with van der Waals surface area (Å²) in [5, 5.41) is 3.40. The molecule has 0 amide bonds. The maximum Gasteiger partial charge on any atom is 0.222 e. The maximum absolute atomic E-state index is 4.40. The Bertz CT molecular complexity index is 420. The topological polar surface area (TPSA) is 41.1 Å². The number of aryl methyl sites for hydroxylation is 1. The predicted octanol–water partition coefficient (Wildman–Crippen LogP) is 2.85. The van der Waals surface area contributed by atoms with Crippen molar-refractivity contribution in [2.75, 3.05) is 25.0 Å². The van der Waals surface area contributed by atoms with Crippen LogP contribution in [0.15, 0.2) is 12.3 Å². The van der Waals surface area contributed by atoms with Crippen LogP contribution in [0.3, 0.4) is 0 Å². The molecule has 0 radical (unpaired) electrons. The highest BCUT2D eigenvalue weighted by atomic mass is 15.2. The number of nitrogens with one attached hydrogen (secondary N) is 1. The van der Waals surface area contributed by atoms with Gasteiger partial charge in [-0.15, -0.1) is 0 Å². The van der Waals surface area contributed by atoms with Gasteiger partial charge in [-0.05, 0) is 57.7 Å². The van der Waals surface area contributed by atoms with Crippen LogP contribution in [0.4, 0.5) is 5.95 Å². The summed E-state index contributed by atoms with van der Waals surface area (Å²) in [6, 6.07) is 2.83. The van der Waals surface area contributed by atoms with Crippen molar-refractivity contribution < 1.29 is 0 Å². The first-order valence-corrected chi connectivity index (χ1v) is 8.09. The number of nitrogens with zero attached hydrogens (tertiary/aromatic N) is 3. The highest BCUT2D eigenvalue weighted by Gasteiger charge is 2.26. The van der Waals surface area contributed by atoms with Crippen LogP contribution in [0.1, 0.15) is 44.2 Å². The minimum atomic E-state index is 0.775. The lowest BCUT2D eigenvalue weighted by Gasteiger charge is -2.36. The van der Waals surface area contributed by atoms with Crippen LogP contribution in [-0.2, 0) is 0 Å². The fourth-order valence-corrected chi connectivity index (χ4v) is 3.56. The fourth-order valence-electron chi connectivity index (χ4n) is 3.56. The number of hydrogen-bond donors (Lipinski definition) is 1. The highest BCUT2D eigenvalue weighted by Crippen LogP contribution is 2.27. The average Bonchev–Trinajstić information content (AvgIpc) is 3.00. The SMILES string of the molecule is Cc1ccnc(NCC2CCN(C3CCCC3)CC2)n1. The summed E-state index contributed by atoms with van der Waals surface area (Å²) in [4.78, 5) is 11.4. The molecule has 1 N–H and O–H groups in total. The van der Waals surface area contributed by atoms with Crippen molar-refractivity contribution in [3.8, 4) is 0 Å². The summed E-state index contributed by atoms with van der Waals surface area (Å²) < 4.78 is 0. The van der Waals surface area contributed by atoms with E-state index in [1.54, 1.807) is 0 Å². The van der Waals surface area contributed by atoms with E-state index >= 15 is 0 Å². The van der Waals surface area contributed by atoms with Gasteiger partial charge in [0.25, 0.3) is 0 Å². The molecule has 1 aliphatic carbocycles. The Kier molecular flexibility index (Phi) is 4.51. The van der Waals surface area contributed by atoms with E-state index in [0.29, 0.717) is 0 Å². The molecule has 2 aliphatic rings. The molecule has 1 aliphatic heterocycles. The predicted molar refractivity (Wildman–Crippen MR) is 81.8 cm³/mol. The van der Waals surface area contributed by atoms with Gasteiger partial charge in [0.15, 0.2) is 0 Å². The third kappa shape index (κ3) is 3.48. The minimum Gasteiger partial charge on any atom is -0.354 e. The number of likely N-dealkylation sites (tertiary alicyclic amines) is 1. The zero-order valence-corrected chi connectivity index (χ0v) is 12.5. The lowest BCUT2D eigenvalue weighted by molar-refractivity contribution is 0.138. The Hall–Kier alpha value is -1.16. The Balaban J connectivity index is 1.42. The summed E-state index contributed by atoms with van der Waals surface area (Å²) in [6.07, 6.45) is 10.2. The number of hydrogen-bond acceptors (Lipinski definition) is 4. The van der Waals surface area contributed by atoms with Gasteiger partial charge < -0.3 is 10.2 Å². The van der Waals surface area contributed by atoms with E-state index in [0.717, 1.165) is 30.1 Å². The normalized spacial score (nSPS) is 22.2. The van der Waals surface area contributed by atoms with E-state index in [-0.39, 0.29) is 0 Å². The first-order valence-electron chi connectivity index (χ1n) is 8.09. The average molecular weight is 274 g/mol. The first-order chi connectivity index (χ1) is 9.81. The third-order valence-corrected chi connectivity index (χ3v) is 4.83. The molecule has 1 aromatic heterocycles. The van der Waals surface area contributed by atoms with Crippen molar-refractivity contribution in [3.05, 3.63) is 18.0 Å². The summed E-state index contributed by atoms with van der Waals surface area (Å²) in [7, 11) is 0. The van der Waals surface area contributed by atoms with Gasteiger partial charge in [0.2, 0.25) is 5.95 Å². The molecule has 3 rings (SSSR count). The van der Waals surface area contributed by atoms with Gasteiger partial charge in [0, 0.05) is 24.5 Å². The van der Waals surface area contributed by atoms with E-state index in [4.69, 9.17) is 0 Å². The molecule has 1 saturated heterocycles. The molecule has 1 saturated carbocycles. The third-order valence-electron chi connectivity index (χ3n) is 4.83. The molecule has 0 atom stereocenters. The Morgan fingerprint density at radius 2 is 1.95 bits per heavy atom. The highest BCUT2D eigenvalue weighted by molar-refractivity contribution is 5.24. The molecular formula is C16H26N4. The van der Waals surface area contributed by atoms with Crippen molar-refractivity contribution in [1.29, 1.82) is 0 Å². The van der Waals surface area contributed by atoms with Crippen LogP contribution in [0, 0.1) is 12.8 Å². The van der Waals surface area contributed by atoms with E-state index in [2.05, 4.69) is 20.2 Å². The molecule has 110 valence electrons. The van der Waals surface area contributed by atoms with Gasteiger partial charge in [0.05, 0.1) is 0 Å². The van der Waals surface area contributed by atoms with Crippen LogP contribution in [0.25, 0.3) is 0 Å². The lowest BCUT2D eigenvalue weighted by Crippen LogP contribution is -2.41. The Morgan fingerprint density at radius 3 is 2.65 bits per heavy atom. The molecule has 4 heteroatoms. The van der Waals surface area contributed by atoms with E-state index in [1.165, 1.54) is 51.6 Å². The molecule has 0 spiro atoms. The maximum atomic E-state index is 4.40. The summed E-state index contributed by atoms with van der Waals surface area (Å²) >= 11 is 0. The zero-order chi connectivity index (χ0) is 13.8. The molecule has 4 nitrogen and oxygen atoms in total. The quantitative estimate of drug-likeness (QED) is 0.916. The fraction of sp³-hybridized carbons (Fsp3) is 0.750. The van der Waals surface area contributed by atoms with E-state index in [1.807, 2.05) is 19.2 Å². The number of piperidine rings is 1. The summed E-state index contributed by atoms with van der Waals surface area (Å²) in [5.74, 6) is 1.56. The van der Waals surface area contributed by atoms with Gasteiger partial charge in [0.1, 0.15) is 0 Å². The lowest BCUT2D eigenvalue weighted by atomic mass is 9.95. The Labute approximate surface area is 122 Å². The van der Waals surface area contributed by atoms with Crippen molar-refractivity contribution in [2.45, 2.75) is 51.5 Å². The molecule has 0 bridgehead atoms. The molecule has 1 aromatic rings.